The molecule has 6 heteroatoms. The number of pyridine rings is 1. The summed E-state index contributed by atoms with van der Waals surface area (Å²) in [4.78, 5) is 3.49. The minimum absolute atomic E-state index is 0.0590. The zero-order valence-corrected chi connectivity index (χ0v) is 13.6. The van der Waals surface area contributed by atoms with Gasteiger partial charge in [-0.15, -0.1) is 0 Å². The molecule has 0 saturated carbocycles. The van der Waals surface area contributed by atoms with E-state index in [-0.39, 0.29) is 16.9 Å². The molecule has 0 saturated heterocycles. The minimum atomic E-state index is -3.82. The zero-order chi connectivity index (χ0) is 16.3. The van der Waals surface area contributed by atoms with Gasteiger partial charge in [-0.1, -0.05) is 44.2 Å². The van der Waals surface area contributed by atoms with Crippen molar-refractivity contribution in [3.8, 4) is 0 Å². The molecular weight excluding hydrogens is 303 g/mol. The number of aromatic nitrogens is 1. The lowest BCUT2D eigenvalue weighted by atomic mass is 9.96. The first-order valence-corrected chi connectivity index (χ1v) is 8.41. The molecule has 22 heavy (non-hydrogen) atoms. The van der Waals surface area contributed by atoms with Gasteiger partial charge in [0.25, 0.3) is 0 Å². The standard InChI is InChI=1S/C16H19FN2O2S/c1-12(2)16(13-7-5-4-6-8-13)19(3)22(20,21)15-9-14(17)10-18-11-15/h4-12,16H,1-3H3. The van der Waals surface area contributed by atoms with Gasteiger partial charge in [0.15, 0.2) is 0 Å². The van der Waals surface area contributed by atoms with Crippen LogP contribution in [0.15, 0.2) is 53.7 Å². The van der Waals surface area contributed by atoms with E-state index in [0.29, 0.717) is 0 Å². The number of rotatable bonds is 5. The van der Waals surface area contributed by atoms with Crippen molar-refractivity contribution in [3.05, 3.63) is 60.2 Å². The molecule has 1 unspecified atom stereocenters. The molecule has 0 N–H and O–H groups in total. The van der Waals surface area contributed by atoms with Gasteiger partial charge in [-0.2, -0.15) is 4.31 Å². The fourth-order valence-corrected chi connectivity index (χ4v) is 3.97. The van der Waals surface area contributed by atoms with Crippen molar-refractivity contribution in [1.29, 1.82) is 0 Å². The zero-order valence-electron chi connectivity index (χ0n) is 12.8. The van der Waals surface area contributed by atoms with Crippen LogP contribution < -0.4 is 0 Å². The smallest absolute Gasteiger partial charge is 0.245 e. The maximum atomic E-state index is 13.3. The van der Waals surface area contributed by atoms with Crippen molar-refractivity contribution >= 4 is 10.0 Å². The van der Waals surface area contributed by atoms with Crippen molar-refractivity contribution in [1.82, 2.24) is 9.29 Å². The van der Waals surface area contributed by atoms with E-state index in [4.69, 9.17) is 0 Å². The van der Waals surface area contributed by atoms with Crippen LogP contribution in [0.2, 0.25) is 0 Å². The predicted molar refractivity (Wildman–Crippen MR) is 83.2 cm³/mol. The lowest BCUT2D eigenvalue weighted by molar-refractivity contribution is 0.300. The Morgan fingerprint density at radius 1 is 1.14 bits per heavy atom. The maximum Gasteiger partial charge on any atom is 0.245 e. The lowest BCUT2D eigenvalue weighted by Gasteiger charge is -2.30. The van der Waals surface area contributed by atoms with Gasteiger partial charge in [0.1, 0.15) is 10.7 Å². The molecule has 0 bridgehead atoms. The first-order chi connectivity index (χ1) is 10.3. The van der Waals surface area contributed by atoms with Crippen LogP contribution in [0.25, 0.3) is 0 Å². The first-order valence-electron chi connectivity index (χ1n) is 6.97. The van der Waals surface area contributed by atoms with Crippen molar-refractivity contribution in [3.63, 3.8) is 0 Å². The first kappa shape index (κ1) is 16.6. The summed E-state index contributed by atoms with van der Waals surface area (Å²) < 4.78 is 40.0. The number of sulfonamides is 1. The SMILES string of the molecule is CC(C)C(c1ccccc1)N(C)S(=O)(=O)c1cncc(F)c1. The van der Waals surface area contributed by atoms with E-state index < -0.39 is 15.8 Å². The summed E-state index contributed by atoms with van der Waals surface area (Å²) in [5.74, 6) is -0.612. The molecule has 0 fully saturated rings. The van der Waals surface area contributed by atoms with E-state index in [1.54, 1.807) is 0 Å². The van der Waals surface area contributed by atoms with Crippen LogP contribution in [-0.4, -0.2) is 24.8 Å². The second-order valence-corrected chi connectivity index (χ2v) is 7.46. The van der Waals surface area contributed by atoms with Crippen molar-refractivity contribution in [2.45, 2.75) is 24.8 Å². The highest BCUT2D eigenvalue weighted by atomic mass is 32.2. The molecule has 0 spiro atoms. The molecule has 1 atom stereocenters. The summed E-state index contributed by atoms with van der Waals surface area (Å²) >= 11 is 0. The molecule has 1 aromatic carbocycles. The van der Waals surface area contributed by atoms with E-state index in [0.717, 1.165) is 24.0 Å². The van der Waals surface area contributed by atoms with Gasteiger partial charge in [-0.3, -0.25) is 4.98 Å². The average molecular weight is 322 g/mol. The van der Waals surface area contributed by atoms with Gasteiger partial charge in [0.2, 0.25) is 10.0 Å². The van der Waals surface area contributed by atoms with Gasteiger partial charge in [0.05, 0.1) is 12.2 Å². The minimum Gasteiger partial charge on any atom is -0.260 e. The molecule has 0 aliphatic carbocycles. The van der Waals surface area contributed by atoms with E-state index in [1.807, 2.05) is 44.2 Å². The summed E-state index contributed by atoms with van der Waals surface area (Å²) in [6.07, 6.45) is 2.15. The van der Waals surface area contributed by atoms with Crippen molar-refractivity contribution in [2.24, 2.45) is 5.92 Å². The molecule has 0 radical (unpaired) electrons. The number of nitrogens with zero attached hydrogens (tertiary/aromatic N) is 2. The summed E-state index contributed by atoms with van der Waals surface area (Å²) in [6, 6.07) is 10.0. The van der Waals surface area contributed by atoms with E-state index >= 15 is 0 Å². The fraction of sp³-hybridized carbons (Fsp3) is 0.312. The third-order valence-electron chi connectivity index (χ3n) is 3.52. The summed E-state index contributed by atoms with van der Waals surface area (Å²) in [7, 11) is -2.31. The molecule has 4 nitrogen and oxygen atoms in total. The number of benzene rings is 1. The second-order valence-electron chi connectivity index (χ2n) is 5.46. The van der Waals surface area contributed by atoms with Crippen LogP contribution in [0.4, 0.5) is 4.39 Å². The van der Waals surface area contributed by atoms with Crippen molar-refractivity contribution in [2.75, 3.05) is 7.05 Å². The highest BCUT2D eigenvalue weighted by molar-refractivity contribution is 7.89. The Bertz CT molecular complexity index is 733. The summed E-state index contributed by atoms with van der Waals surface area (Å²) in [5, 5.41) is 0. The molecule has 0 aliphatic heterocycles. The molecule has 0 aliphatic rings. The largest absolute Gasteiger partial charge is 0.260 e. The number of hydrogen-bond donors (Lipinski definition) is 0. The summed E-state index contributed by atoms with van der Waals surface area (Å²) in [5.41, 5.74) is 0.896. The Balaban J connectivity index is 2.45. The Labute approximate surface area is 130 Å². The molecule has 2 rings (SSSR count). The Morgan fingerprint density at radius 3 is 2.32 bits per heavy atom. The highest BCUT2D eigenvalue weighted by Gasteiger charge is 2.31. The fourth-order valence-electron chi connectivity index (χ4n) is 2.51. The van der Waals surface area contributed by atoms with Gasteiger partial charge in [-0.25, -0.2) is 12.8 Å². The Morgan fingerprint density at radius 2 is 1.77 bits per heavy atom. The highest BCUT2D eigenvalue weighted by Crippen LogP contribution is 2.31. The maximum absolute atomic E-state index is 13.3. The number of halogens is 1. The van der Waals surface area contributed by atoms with Crippen molar-refractivity contribution < 1.29 is 12.8 Å². The van der Waals surface area contributed by atoms with Gasteiger partial charge < -0.3 is 0 Å². The normalized spacial score (nSPS) is 13.5. The number of hydrogen-bond acceptors (Lipinski definition) is 3. The van der Waals surface area contributed by atoms with Crippen LogP contribution in [-0.2, 0) is 10.0 Å². The third kappa shape index (κ3) is 3.34. The molecule has 1 heterocycles. The quantitative estimate of drug-likeness (QED) is 0.849. The van der Waals surface area contributed by atoms with E-state index in [2.05, 4.69) is 4.98 Å². The molecule has 118 valence electrons. The topological polar surface area (TPSA) is 50.3 Å². The van der Waals surface area contributed by atoms with Gasteiger partial charge in [-0.05, 0) is 17.5 Å². The van der Waals surface area contributed by atoms with Gasteiger partial charge in [0, 0.05) is 13.2 Å². The van der Waals surface area contributed by atoms with E-state index in [9.17, 15) is 12.8 Å². The average Bonchev–Trinajstić information content (AvgIpc) is 2.48. The van der Waals surface area contributed by atoms with Gasteiger partial charge >= 0.3 is 0 Å². The van der Waals surface area contributed by atoms with Crippen LogP contribution in [0, 0.1) is 11.7 Å². The summed E-state index contributed by atoms with van der Waals surface area (Å²) in [6.45, 7) is 3.90. The molecular formula is C16H19FN2O2S. The molecule has 1 aromatic heterocycles. The monoisotopic (exact) mass is 322 g/mol. The Hall–Kier alpha value is -1.79. The second kappa shape index (κ2) is 6.54. The van der Waals surface area contributed by atoms with E-state index in [1.165, 1.54) is 11.4 Å². The van der Waals surface area contributed by atoms with Crippen LogP contribution in [0.1, 0.15) is 25.5 Å². The predicted octanol–water partition coefficient (Wildman–Crippen LogP) is 3.24. The van der Waals surface area contributed by atoms with Crippen LogP contribution >= 0.6 is 0 Å². The third-order valence-corrected chi connectivity index (χ3v) is 5.33. The molecule has 0 amide bonds. The Kier molecular flexibility index (Phi) is 4.93. The molecule has 2 aromatic rings. The van der Waals surface area contributed by atoms with Crippen LogP contribution in [0.5, 0.6) is 0 Å². The van der Waals surface area contributed by atoms with Crippen LogP contribution in [0.3, 0.4) is 0 Å². The lowest BCUT2D eigenvalue weighted by Crippen LogP contribution is -2.34.